The molecule has 0 aliphatic rings. The zero-order valence-corrected chi connectivity index (χ0v) is 10.0. The molecule has 0 unspecified atom stereocenters. The Balaban J connectivity index is 2.54. The third kappa shape index (κ3) is 2.13. The van der Waals surface area contributed by atoms with E-state index in [9.17, 15) is 5.11 Å². The lowest BCUT2D eigenvalue weighted by atomic mass is 10.1. The maximum atomic E-state index is 9.77. The molecule has 1 aromatic heterocycles. The highest BCUT2D eigenvalue weighted by Crippen LogP contribution is 2.32. The third-order valence-corrected chi connectivity index (χ3v) is 2.94. The van der Waals surface area contributed by atoms with Crippen molar-refractivity contribution in [2.75, 3.05) is 0 Å². The molecule has 0 fully saturated rings. The van der Waals surface area contributed by atoms with Crippen LogP contribution in [0.3, 0.4) is 0 Å². The highest BCUT2D eigenvalue weighted by molar-refractivity contribution is 6.42. The van der Waals surface area contributed by atoms with Crippen molar-refractivity contribution >= 4 is 23.2 Å². The summed E-state index contributed by atoms with van der Waals surface area (Å²) in [6.07, 6.45) is 1.69. The Morgan fingerprint density at radius 2 is 1.88 bits per heavy atom. The van der Waals surface area contributed by atoms with Crippen molar-refractivity contribution in [3.8, 4) is 17.0 Å². The number of benzene rings is 1. The highest BCUT2D eigenvalue weighted by Gasteiger charge is 2.08. The number of aromatic hydroxyl groups is 1. The first kappa shape index (κ1) is 11.2. The number of pyridine rings is 1. The van der Waals surface area contributed by atoms with E-state index in [0.29, 0.717) is 15.7 Å². The minimum Gasteiger partial charge on any atom is -0.506 e. The Hall–Kier alpha value is -1.25. The first-order valence-corrected chi connectivity index (χ1v) is 5.44. The predicted octanol–water partition coefficient (Wildman–Crippen LogP) is 4.07. The molecule has 82 valence electrons. The molecule has 1 aromatic carbocycles. The zero-order valence-electron chi connectivity index (χ0n) is 8.54. The Morgan fingerprint density at radius 1 is 1.12 bits per heavy atom. The van der Waals surface area contributed by atoms with Crippen LogP contribution in [0.25, 0.3) is 11.3 Å². The van der Waals surface area contributed by atoms with Crippen LogP contribution in [0.5, 0.6) is 5.75 Å². The van der Waals surface area contributed by atoms with E-state index in [1.165, 1.54) is 0 Å². The number of aromatic nitrogens is 1. The third-order valence-electron chi connectivity index (χ3n) is 2.20. The average Bonchev–Trinajstić information content (AvgIpc) is 2.22. The van der Waals surface area contributed by atoms with Crippen molar-refractivity contribution in [2.24, 2.45) is 0 Å². The summed E-state index contributed by atoms with van der Waals surface area (Å²) in [5.41, 5.74) is 2.15. The minimum absolute atomic E-state index is 0.137. The van der Waals surface area contributed by atoms with Gasteiger partial charge in [0.15, 0.2) is 0 Å². The SMILES string of the molecule is Cc1cnc(-c2ccc(Cl)c(Cl)c2)c(O)c1. The van der Waals surface area contributed by atoms with Gasteiger partial charge in [0.25, 0.3) is 0 Å². The van der Waals surface area contributed by atoms with Crippen molar-refractivity contribution in [3.05, 3.63) is 46.1 Å². The number of aryl methyl sites for hydroxylation is 1. The summed E-state index contributed by atoms with van der Waals surface area (Å²) in [5.74, 6) is 0.137. The smallest absolute Gasteiger partial charge is 0.142 e. The van der Waals surface area contributed by atoms with Crippen LogP contribution in [0.1, 0.15) is 5.56 Å². The summed E-state index contributed by atoms with van der Waals surface area (Å²) >= 11 is 11.7. The number of nitrogens with zero attached hydrogens (tertiary/aromatic N) is 1. The normalized spacial score (nSPS) is 10.4. The minimum atomic E-state index is 0.137. The molecule has 2 nitrogen and oxygen atoms in total. The Bertz CT molecular complexity index is 541. The van der Waals surface area contributed by atoms with Crippen LogP contribution in [-0.2, 0) is 0 Å². The number of hydrogen-bond acceptors (Lipinski definition) is 2. The lowest BCUT2D eigenvalue weighted by Gasteiger charge is -2.05. The molecule has 1 N–H and O–H groups in total. The fraction of sp³-hybridized carbons (Fsp3) is 0.0833. The summed E-state index contributed by atoms with van der Waals surface area (Å²) in [6, 6.07) is 6.79. The van der Waals surface area contributed by atoms with Crippen LogP contribution in [0, 0.1) is 6.92 Å². The predicted molar refractivity (Wildman–Crippen MR) is 66.1 cm³/mol. The molecule has 0 aliphatic heterocycles. The summed E-state index contributed by atoms with van der Waals surface area (Å²) in [4.78, 5) is 4.17. The number of halogens is 2. The summed E-state index contributed by atoms with van der Waals surface area (Å²) < 4.78 is 0. The maximum Gasteiger partial charge on any atom is 0.142 e. The molecule has 0 radical (unpaired) electrons. The van der Waals surface area contributed by atoms with Gasteiger partial charge in [-0.3, -0.25) is 4.98 Å². The van der Waals surface area contributed by atoms with Gasteiger partial charge in [-0.25, -0.2) is 0 Å². The molecule has 0 amide bonds. The molecule has 0 spiro atoms. The summed E-state index contributed by atoms with van der Waals surface area (Å²) in [6.45, 7) is 1.87. The monoisotopic (exact) mass is 253 g/mol. The fourth-order valence-corrected chi connectivity index (χ4v) is 1.72. The number of rotatable bonds is 1. The van der Waals surface area contributed by atoms with Crippen molar-refractivity contribution in [3.63, 3.8) is 0 Å². The van der Waals surface area contributed by atoms with Crippen LogP contribution >= 0.6 is 23.2 Å². The van der Waals surface area contributed by atoms with Crippen molar-refractivity contribution in [1.29, 1.82) is 0 Å². The molecule has 0 bridgehead atoms. The van der Waals surface area contributed by atoms with Crippen molar-refractivity contribution in [2.45, 2.75) is 6.92 Å². The van der Waals surface area contributed by atoms with Gasteiger partial charge in [0.1, 0.15) is 11.4 Å². The van der Waals surface area contributed by atoms with E-state index >= 15 is 0 Å². The standard InChI is InChI=1S/C12H9Cl2NO/c1-7-4-11(16)12(15-6-7)8-2-3-9(13)10(14)5-8/h2-6,16H,1H3. The van der Waals surface area contributed by atoms with Crippen molar-refractivity contribution in [1.82, 2.24) is 4.98 Å². The van der Waals surface area contributed by atoms with Gasteiger partial charge in [-0.05, 0) is 30.7 Å². The highest BCUT2D eigenvalue weighted by atomic mass is 35.5. The lowest BCUT2D eigenvalue weighted by molar-refractivity contribution is 0.474. The molecule has 2 rings (SSSR count). The Morgan fingerprint density at radius 3 is 2.50 bits per heavy atom. The van der Waals surface area contributed by atoms with Crippen LogP contribution in [0.4, 0.5) is 0 Å². The first-order chi connectivity index (χ1) is 7.58. The Labute approximate surface area is 103 Å². The Kier molecular flexibility index (Phi) is 3.03. The van der Waals surface area contributed by atoms with E-state index in [4.69, 9.17) is 23.2 Å². The van der Waals surface area contributed by atoms with Gasteiger partial charge >= 0.3 is 0 Å². The topological polar surface area (TPSA) is 33.1 Å². The summed E-state index contributed by atoms with van der Waals surface area (Å²) in [5, 5.41) is 10.7. The maximum absolute atomic E-state index is 9.77. The van der Waals surface area contributed by atoms with Crippen LogP contribution in [0.2, 0.25) is 10.0 Å². The molecule has 0 atom stereocenters. The van der Waals surface area contributed by atoms with E-state index in [1.807, 2.05) is 6.92 Å². The molecular formula is C12H9Cl2NO. The van der Waals surface area contributed by atoms with Gasteiger partial charge in [-0.15, -0.1) is 0 Å². The zero-order chi connectivity index (χ0) is 11.7. The van der Waals surface area contributed by atoms with Gasteiger partial charge in [0.05, 0.1) is 10.0 Å². The van der Waals surface area contributed by atoms with Gasteiger partial charge in [0, 0.05) is 11.8 Å². The first-order valence-electron chi connectivity index (χ1n) is 4.69. The molecule has 0 aliphatic carbocycles. The van der Waals surface area contributed by atoms with E-state index in [-0.39, 0.29) is 5.75 Å². The lowest BCUT2D eigenvalue weighted by Crippen LogP contribution is -1.86. The van der Waals surface area contributed by atoms with E-state index in [2.05, 4.69) is 4.98 Å². The van der Waals surface area contributed by atoms with Crippen LogP contribution in [0.15, 0.2) is 30.5 Å². The molecular weight excluding hydrogens is 245 g/mol. The molecule has 4 heteroatoms. The van der Waals surface area contributed by atoms with E-state index in [1.54, 1.807) is 30.5 Å². The summed E-state index contributed by atoms with van der Waals surface area (Å²) in [7, 11) is 0. The fourth-order valence-electron chi connectivity index (χ4n) is 1.42. The second-order valence-corrected chi connectivity index (χ2v) is 4.32. The van der Waals surface area contributed by atoms with Gasteiger partial charge < -0.3 is 5.11 Å². The average molecular weight is 254 g/mol. The second kappa shape index (κ2) is 4.32. The number of hydrogen-bond donors (Lipinski definition) is 1. The quantitative estimate of drug-likeness (QED) is 0.832. The molecule has 0 saturated heterocycles. The van der Waals surface area contributed by atoms with Gasteiger partial charge in [-0.2, -0.15) is 0 Å². The van der Waals surface area contributed by atoms with E-state index < -0.39 is 0 Å². The molecule has 2 aromatic rings. The molecule has 0 saturated carbocycles. The second-order valence-electron chi connectivity index (χ2n) is 3.51. The molecule has 1 heterocycles. The van der Waals surface area contributed by atoms with E-state index in [0.717, 1.165) is 11.1 Å². The molecule has 16 heavy (non-hydrogen) atoms. The van der Waals surface area contributed by atoms with Gasteiger partial charge in [-0.1, -0.05) is 29.3 Å². The van der Waals surface area contributed by atoms with Crippen LogP contribution < -0.4 is 0 Å². The van der Waals surface area contributed by atoms with Gasteiger partial charge in [0.2, 0.25) is 0 Å². The van der Waals surface area contributed by atoms with Crippen LogP contribution in [-0.4, -0.2) is 10.1 Å². The van der Waals surface area contributed by atoms with Crippen molar-refractivity contribution < 1.29 is 5.11 Å². The largest absolute Gasteiger partial charge is 0.506 e.